The summed E-state index contributed by atoms with van der Waals surface area (Å²) in [7, 11) is 0. The topological polar surface area (TPSA) is 66.4 Å². The third kappa shape index (κ3) is 3.26. The number of amides is 1. The van der Waals surface area contributed by atoms with Crippen LogP contribution >= 0.6 is 0 Å². The third-order valence-electron chi connectivity index (χ3n) is 4.28. The van der Waals surface area contributed by atoms with Crippen LogP contribution in [0.1, 0.15) is 38.2 Å². The van der Waals surface area contributed by atoms with E-state index in [1.165, 1.54) is 12.1 Å². The van der Waals surface area contributed by atoms with Gasteiger partial charge in [0.15, 0.2) is 11.6 Å². The van der Waals surface area contributed by atoms with Crippen molar-refractivity contribution in [3.63, 3.8) is 0 Å². The Hall–Kier alpha value is -1.98. The Labute approximate surface area is 127 Å². The van der Waals surface area contributed by atoms with Gasteiger partial charge < -0.3 is 10.4 Å². The molecule has 1 aromatic rings. The number of rotatable bonds is 6. The van der Waals surface area contributed by atoms with Gasteiger partial charge in [0.2, 0.25) is 5.91 Å². The van der Waals surface area contributed by atoms with Gasteiger partial charge in [0.1, 0.15) is 6.04 Å². The number of carbonyl (C=O) groups excluding carboxylic acids is 1. The van der Waals surface area contributed by atoms with Crippen LogP contribution < -0.4 is 5.32 Å². The van der Waals surface area contributed by atoms with Crippen molar-refractivity contribution in [3.05, 3.63) is 35.4 Å². The van der Waals surface area contributed by atoms with Crippen LogP contribution in [0.2, 0.25) is 0 Å². The van der Waals surface area contributed by atoms with Crippen molar-refractivity contribution in [2.24, 2.45) is 11.8 Å². The van der Waals surface area contributed by atoms with Crippen LogP contribution in [0.15, 0.2) is 18.2 Å². The Kier molecular flexibility index (Phi) is 4.78. The monoisotopic (exact) mass is 311 g/mol. The number of nitrogens with one attached hydrogen (secondary N) is 1. The minimum absolute atomic E-state index is 0.176. The summed E-state index contributed by atoms with van der Waals surface area (Å²) in [4.78, 5) is 23.3. The number of hydrogen-bond acceptors (Lipinski definition) is 2. The highest BCUT2D eigenvalue weighted by molar-refractivity contribution is 5.87. The molecular weight excluding hydrogens is 292 g/mol. The van der Waals surface area contributed by atoms with E-state index in [-0.39, 0.29) is 17.4 Å². The number of carboxylic acids is 1. The molecule has 0 heterocycles. The zero-order valence-corrected chi connectivity index (χ0v) is 12.5. The molecule has 22 heavy (non-hydrogen) atoms. The largest absolute Gasteiger partial charge is 0.480 e. The molecule has 0 saturated heterocycles. The van der Waals surface area contributed by atoms with Gasteiger partial charge in [-0.05, 0) is 29.9 Å². The van der Waals surface area contributed by atoms with E-state index in [0.29, 0.717) is 12.8 Å². The summed E-state index contributed by atoms with van der Waals surface area (Å²) in [5.74, 6) is -4.46. The van der Waals surface area contributed by atoms with E-state index in [0.717, 1.165) is 6.07 Å². The summed E-state index contributed by atoms with van der Waals surface area (Å²) in [6.07, 6.45) is 1.02. The Bertz CT molecular complexity index is 591. The summed E-state index contributed by atoms with van der Waals surface area (Å²) < 4.78 is 26.9. The molecule has 0 spiro atoms. The summed E-state index contributed by atoms with van der Waals surface area (Å²) in [6.45, 7) is 3.59. The minimum atomic E-state index is -1.09. The normalized spacial score (nSPS) is 22.7. The van der Waals surface area contributed by atoms with Gasteiger partial charge in [-0.3, -0.25) is 4.79 Å². The standard InChI is InChI=1S/C16H19F2NO3/c1-3-8(2)14(16(21)22)19-15(20)11-7-10(11)9-5-4-6-12(17)13(9)18/h4-6,8,10-11,14H,3,7H2,1-2H3,(H,19,20)(H,21,22). The first kappa shape index (κ1) is 16.4. The van der Waals surface area contributed by atoms with Crippen molar-refractivity contribution in [2.75, 3.05) is 0 Å². The van der Waals surface area contributed by atoms with E-state index in [9.17, 15) is 18.4 Å². The maximum absolute atomic E-state index is 13.7. The molecule has 0 radical (unpaired) electrons. The van der Waals surface area contributed by atoms with Gasteiger partial charge >= 0.3 is 5.97 Å². The van der Waals surface area contributed by atoms with E-state index in [1.807, 2.05) is 6.92 Å². The predicted molar refractivity (Wildman–Crippen MR) is 76.2 cm³/mol. The maximum Gasteiger partial charge on any atom is 0.326 e. The van der Waals surface area contributed by atoms with Crippen LogP contribution in [0.25, 0.3) is 0 Å². The van der Waals surface area contributed by atoms with Gasteiger partial charge in [-0.2, -0.15) is 0 Å². The molecule has 4 unspecified atom stereocenters. The van der Waals surface area contributed by atoms with Crippen molar-refractivity contribution in [1.29, 1.82) is 0 Å². The van der Waals surface area contributed by atoms with Gasteiger partial charge in [-0.25, -0.2) is 13.6 Å². The highest BCUT2D eigenvalue weighted by Crippen LogP contribution is 2.48. The number of halogens is 2. The zero-order valence-electron chi connectivity index (χ0n) is 12.5. The van der Waals surface area contributed by atoms with E-state index in [2.05, 4.69) is 5.32 Å². The Morgan fingerprint density at radius 3 is 2.68 bits per heavy atom. The number of hydrogen-bond donors (Lipinski definition) is 2. The van der Waals surface area contributed by atoms with Gasteiger partial charge in [0, 0.05) is 5.92 Å². The highest BCUT2D eigenvalue weighted by atomic mass is 19.2. The van der Waals surface area contributed by atoms with Crippen molar-refractivity contribution in [3.8, 4) is 0 Å². The minimum Gasteiger partial charge on any atom is -0.480 e. The second-order valence-corrected chi connectivity index (χ2v) is 5.80. The molecule has 120 valence electrons. The first-order valence-electron chi connectivity index (χ1n) is 7.33. The number of benzene rings is 1. The number of aliphatic carboxylic acids is 1. The Morgan fingerprint density at radius 1 is 1.41 bits per heavy atom. The molecule has 1 fully saturated rings. The average Bonchev–Trinajstić information content (AvgIpc) is 3.26. The SMILES string of the molecule is CCC(C)C(NC(=O)C1CC1c1cccc(F)c1F)C(=O)O. The summed E-state index contributed by atoms with van der Waals surface area (Å²) >= 11 is 0. The van der Waals surface area contributed by atoms with E-state index in [4.69, 9.17) is 5.11 Å². The first-order valence-corrected chi connectivity index (χ1v) is 7.33. The van der Waals surface area contributed by atoms with Crippen LogP contribution in [0, 0.1) is 23.5 Å². The molecule has 1 aromatic carbocycles. The Balaban J connectivity index is 2.04. The van der Waals surface area contributed by atoms with Crippen LogP contribution in [0.5, 0.6) is 0 Å². The van der Waals surface area contributed by atoms with Crippen molar-refractivity contribution < 1.29 is 23.5 Å². The van der Waals surface area contributed by atoms with Crippen LogP contribution in [0.4, 0.5) is 8.78 Å². The number of carboxylic acid groups (broad SMARTS) is 1. The summed E-state index contributed by atoms with van der Waals surface area (Å²) in [6, 6.07) is 2.93. The van der Waals surface area contributed by atoms with Gasteiger partial charge in [-0.15, -0.1) is 0 Å². The average molecular weight is 311 g/mol. The lowest BCUT2D eigenvalue weighted by Gasteiger charge is -2.20. The lowest BCUT2D eigenvalue weighted by Crippen LogP contribution is -2.45. The van der Waals surface area contributed by atoms with Crippen LogP contribution in [0.3, 0.4) is 0 Å². The smallest absolute Gasteiger partial charge is 0.326 e. The Morgan fingerprint density at radius 2 is 2.09 bits per heavy atom. The zero-order chi connectivity index (χ0) is 16.4. The quantitative estimate of drug-likeness (QED) is 0.849. The fraction of sp³-hybridized carbons (Fsp3) is 0.500. The van der Waals surface area contributed by atoms with E-state index in [1.54, 1.807) is 6.92 Å². The van der Waals surface area contributed by atoms with Crippen molar-refractivity contribution in [1.82, 2.24) is 5.32 Å². The molecule has 4 nitrogen and oxygen atoms in total. The lowest BCUT2D eigenvalue weighted by molar-refractivity contribution is -0.143. The van der Waals surface area contributed by atoms with E-state index < -0.39 is 35.5 Å². The van der Waals surface area contributed by atoms with Gasteiger partial charge in [-0.1, -0.05) is 32.4 Å². The van der Waals surface area contributed by atoms with Crippen molar-refractivity contribution >= 4 is 11.9 Å². The van der Waals surface area contributed by atoms with Crippen LogP contribution in [-0.4, -0.2) is 23.0 Å². The summed E-state index contributed by atoms with van der Waals surface area (Å²) in [5, 5.41) is 11.7. The molecule has 0 aliphatic heterocycles. The molecule has 6 heteroatoms. The highest BCUT2D eigenvalue weighted by Gasteiger charge is 2.46. The molecule has 4 atom stereocenters. The molecule has 1 saturated carbocycles. The maximum atomic E-state index is 13.7. The van der Waals surface area contributed by atoms with Gasteiger partial charge in [0.25, 0.3) is 0 Å². The van der Waals surface area contributed by atoms with E-state index >= 15 is 0 Å². The molecule has 2 N–H and O–H groups in total. The first-order chi connectivity index (χ1) is 10.4. The van der Waals surface area contributed by atoms with Gasteiger partial charge in [0.05, 0.1) is 0 Å². The molecule has 1 aliphatic carbocycles. The van der Waals surface area contributed by atoms with Crippen molar-refractivity contribution in [2.45, 2.75) is 38.6 Å². The second-order valence-electron chi connectivity index (χ2n) is 5.80. The molecule has 1 amide bonds. The second kappa shape index (κ2) is 6.42. The third-order valence-corrected chi connectivity index (χ3v) is 4.28. The molecule has 0 bridgehead atoms. The molecular formula is C16H19F2NO3. The fourth-order valence-electron chi connectivity index (χ4n) is 2.58. The predicted octanol–water partition coefficient (Wildman–Crippen LogP) is 2.68. The lowest BCUT2D eigenvalue weighted by atomic mass is 9.99. The molecule has 0 aromatic heterocycles. The molecule has 2 rings (SSSR count). The number of carbonyl (C=O) groups is 2. The van der Waals surface area contributed by atoms with Crippen LogP contribution in [-0.2, 0) is 9.59 Å². The molecule has 1 aliphatic rings. The fourth-order valence-corrected chi connectivity index (χ4v) is 2.58. The summed E-state index contributed by atoms with van der Waals surface area (Å²) in [5.41, 5.74) is 0.176.